The smallest absolute Gasteiger partial charge is 0.164 e. The molecule has 3 aliphatic heterocycles. The molecule has 104 heavy (non-hydrogen) atoms. The highest BCUT2D eigenvalue weighted by atomic mass is 32.2. The molecule has 3 aromatic heterocycles. The maximum Gasteiger partial charge on any atom is 0.164 e. The Hall–Kier alpha value is -12.7. The van der Waals surface area contributed by atoms with E-state index >= 15 is 0 Å². The average Bonchev–Trinajstić information content (AvgIpc) is 1.65. The van der Waals surface area contributed by atoms with Crippen molar-refractivity contribution in [3.05, 3.63) is 414 Å². The van der Waals surface area contributed by atoms with Gasteiger partial charge >= 0.3 is 0 Å². The SMILES string of the molecule is CC1(C)c2ccccc2C2(c3ccccc3-n3c4ccccc4c4cccc2c43)c2cccc(-c3ccccc3)c21.c1ccc(-c2ccc(-c3nc(-c4ccccc4)nc(-c4cccc(-c5cccc6c5Sc5ccccc5C65c6ccccc6-n6c7ccccc7c7cccc5c76)c4)n3)cc2)cc1. The summed E-state index contributed by atoms with van der Waals surface area (Å²) < 4.78 is 5.02. The van der Waals surface area contributed by atoms with Gasteiger partial charge in [-0.3, -0.25) is 0 Å². The molecule has 0 fully saturated rings. The van der Waals surface area contributed by atoms with Crippen LogP contribution >= 0.6 is 11.8 Å². The summed E-state index contributed by atoms with van der Waals surface area (Å²) in [7, 11) is 0. The molecule has 6 heteroatoms. The fourth-order valence-electron chi connectivity index (χ4n) is 18.5. The Bertz CT molecular complexity index is 6550. The molecular weight excluding hydrogens is 1280 g/mol. The third kappa shape index (κ3) is 8.54. The minimum absolute atomic E-state index is 0.184. The predicted octanol–water partition coefficient (Wildman–Crippen LogP) is 24.3. The number of hydrogen-bond donors (Lipinski definition) is 0. The van der Waals surface area contributed by atoms with Crippen LogP contribution in [0.4, 0.5) is 0 Å². The van der Waals surface area contributed by atoms with Gasteiger partial charge in [-0.15, -0.1) is 0 Å². The Morgan fingerprint density at radius 2 is 0.644 bits per heavy atom. The van der Waals surface area contributed by atoms with Crippen LogP contribution in [0.5, 0.6) is 0 Å². The normalized spacial score (nSPS) is 15.9. The van der Waals surface area contributed by atoms with Crippen LogP contribution in [-0.2, 0) is 16.2 Å². The number of hydrogen-bond acceptors (Lipinski definition) is 4. The molecule has 6 heterocycles. The van der Waals surface area contributed by atoms with E-state index in [0.29, 0.717) is 17.5 Å². The molecular formula is C98H65N5S. The van der Waals surface area contributed by atoms with Crippen LogP contribution in [0, 0.1) is 0 Å². The lowest BCUT2D eigenvalue weighted by Crippen LogP contribution is -2.44. The molecule has 488 valence electrons. The molecule has 0 radical (unpaired) electrons. The molecule has 15 aromatic carbocycles. The van der Waals surface area contributed by atoms with Crippen LogP contribution < -0.4 is 0 Å². The van der Waals surface area contributed by atoms with Gasteiger partial charge < -0.3 is 9.13 Å². The van der Waals surface area contributed by atoms with Crippen molar-refractivity contribution in [2.45, 2.75) is 39.9 Å². The zero-order valence-electron chi connectivity index (χ0n) is 57.2. The van der Waals surface area contributed by atoms with Gasteiger partial charge in [0.1, 0.15) is 0 Å². The average molecular weight is 1340 g/mol. The first-order valence-corrected chi connectivity index (χ1v) is 36.7. The Morgan fingerprint density at radius 3 is 1.26 bits per heavy atom. The van der Waals surface area contributed by atoms with E-state index in [-0.39, 0.29) is 5.41 Å². The van der Waals surface area contributed by atoms with Gasteiger partial charge in [0.05, 0.1) is 44.3 Å². The summed E-state index contributed by atoms with van der Waals surface area (Å²) in [5.41, 5.74) is 29.9. The molecule has 2 unspecified atom stereocenters. The minimum atomic E-state index is -0.560. The molecule has 0 bridgehead atoms. The Morgan fingerprint density at radius 1 is 0.260 bits per heavy atom. The quantitative estimate of drug-likeness (QED) is 0.166. The van der Waals surface area contributed by atoms with E-state index in [1.165, 1.54) is 143 Å². The van der Waals surface area contributed by atoms with Gasteiger partial charge in [0.15, 0.2) is 17.5 Å². The van der Waals surface area contributed by atoms with Crippen LogP contribution in [0.1, 0.15) is 69.5 Å². The van der Waals surface area contributed by atoms with Crippen molar-refractivity contribution < 1.29 is 0 Å². The topological polar surface area (TPSA) is 48.5 Å². The molecule has 0 saturated heterocycles. The molecule has 5 nitrogen and oxygen atoms in total. The highest BCUT2D eigenvalue weighted by molar-refractivity contribution is 7.99. The summed E-state index contributed by atoms with van der Waals surface area (Å²) in [5.74, 6) is 1.91. The number of benzene rings is 15. The summed E-state index contributed by atoms with van der Waals surface area (Å²) in [6, 6.07) is 131. The maximum atomic E-state index is 5.18. The fourth-order valence-corrected chi connectivity index (χ4v) is 19.8. The van der Waals surface area contributed by atoms with E-state index < -0.39 is 10.8 Å². The van der Waals surface area contributed by atoms with E-state index in [9.17, 15) is 0 Å². The third-order valence-corrected chi connectivity index (χ3v) is 24.0. The zero-order valence-corrected chi connectivity index (χ0v) is 58.0. The van der Waals surface area contributed by atoms with Gasteiger partial charge in [0, 0.05) is 53.4 Å². The van der Waals surface area contributed by atoms with Crippen molar-refractivity contribution in [1.82, 2.24) is 24.1 Å². The molecule has 0 saturated carbocycles. The zero-order chi connectivity index (χ0) is 68.8. The molecule has 22 rings (SSSR count). The van der Waals surface area contributed by atoms with Crippen molar-refractivity contribution in [2.24, 2.45) is 0 Å². The van der Waals surface area contributed by atoms with Gasteiger partial charge in [0.25, 0.3) is 0 Å². The van der Waals surface area contributed by atoms with Gasteiger partial charge in [-0.1, -0.05) is 347 Å². The van der Waals surface area contributed by atoms with Gasteiger partial charge in [-0.05, 0) is 125 Å². The van der Waals surface area contributed by atoms with E-state index in [4.69, 9.17) is 15.0 Å². The van der Waals surface area contributed by atoms with Crippen molar-refractivity contribution in [1.29, 1.82) is 0 Å². The van der Waals surface area contributed by atoms with Gasteiger partial charge in [-0.2, -0.15) is 0 Å². The van der Waals surface area contributed by atoms with Crippen molar-refractivity contribution in [2.75, 3.05) is 0 Å². The Labute approximate surface area is 607 Å². The van der Waals surface area contributed by atoms with E-state index in [0.717, 1.165) is 27.8 Å². The molecule has 1 aliphatic carbocycles. The molecule has 0 N–H and O–H groups in total. The van der Waals surface area contributed by atoms with E-state index in [1.807, 2.05) is 36.0 Å². The maximum absolute atomic E-state index is 5.18. The number of nitrogens with zero attached hydrogens (tertiary/aromatic N) is 5. The molecule has 18 aromatic rings. The summed E-state index contributed by atoms with van der Waals surface area (Å²) in [4.78, 5) is 17.9. The van der Waals surface area contributed by atoms with Crippen LogP contribution in [0.2, 0.25) is 0 Å². The summed E-state index contributed by atoms with van der Waals surface area (Å²) in [5, 5.41) is 5.16. The van der Waals surface area contributed by atoms with E-state index in [2.05, 4.69) is 357 Å². The number of aromatic nitrogens is 5. The Kier molecular flexibility index (Phi) is 13.4. The standard InChI is InChI=1S/C58H36N4S.C40H29N/c1-3-16-37(17-4-1)38-32-34-40(35-33-38)56-59-55(39-18-5-2-6-19-39)60-57(61-56)42-21-13-20-41(36-42)43-23-14-28-49-54(43)63-52-31-12-9-26-47(52)58(49)46-25-8-11-30-51(46)62-50-29-10-7-22-44(50)45-24-15-27-48(58)53(45)62;1-39(2)30-19-7-8-20-31(30)40(33-22-12-17-27(37(33)39)26-14-4-3-5-15-26)32-21-9-11-25-36(32)41-35-24-10-6-16-28(35)29-18-13-23-34(40)38(29)41/h1-36H;3-25H,1-2H3. The monoisotopic (exact) mass is 1340 g/mol. The number of para-hydroxylation sites is 6. The molecule has 4 aliphatic rings. The summed E-state index contributed by atoms with van der Waals surface area (Å²) in [6.07, 6.45) is 0. The minimum Gasteiger partial charge on any atom is -0.309 e. The Balaban J connectivity index is 0.000000147. The van der Waals surface area contributed by atoms with E-state index in [1.54, 1.807) is 0 Å². The van der Waals surface area contributed by atoms with Crippen molar-refractivity contribution in [3.63, 3.8) is 0 Å². The first kappa shape index (κ1) is 60.1. The van der Waals surface area contributed by atoms with Crippen molar-refractivity contribution >= 4 is 55.4 Å². The van der Waals surface area contributed by atoms with Crippen molar-refractivity contribution in [3.8, 4) is 78.9 Å². The van der Waals surface area contributed by atoms with Crippen LogP contribution in [-0.4, -0.2) is 24.1 Å². The molecule has 2 atom stereocenters. The highest BCUT2D eigenvalue weighted by Crippen LogP contribution is 2.64. The van der Waals surface area contributed by atoms with Crippen LogP contribution in [0.15, 0.2) is 368 Å². The first-order chi connectivity index (χ1) is 51.4. The third-order valence-electron chi connectivity index (χ3n) is 22.7. The van der Waals surface area contributed by atoms with Crippen LogP contribution in [0.25, 0.3) is 123 Å². The molecule has 0 amide bonds. The first-order valence-electron chi connectivity index (χ1n) is 35.9. The highest BCUT2D eigenvalue weighted by Gasteiger charge is 2.54. The lowest BCUT2D eigenvalue weighted by Gasteiger charge is -2.50. The number of rotatable bonds is 6. The second-order valence-corrected chi connectivity index (χ2v) is 29.4. The molecule has 2 spiro atoms. The second-order valence-electron chi connectivity index (χ2n) is 28.4. The van der Waals surface area contributed by atoms with Gasteiger partial charge in [0.2, 0.25) is 0 Å². The predicted molar refractivity (Wildman–Crippen MR) is 428 cm³/mol. The fraction of sp³-hybridized carbons (Fsp3) is 0.0510. The van der Waals surface area contributed by atoms with Crippen LogP contribution in [0.3, 0.4) is 0 Å². The van der Waals surface area contributed by atoms with Gasteiger partial charge in [-0.25, -0.2) is 15.0 Å². The summed E-state index contributed by atoms with van der Waals surface area (Å²) >= 11 is 1.87. The second kappa shape index (κ2) is 23.1. The summed E-state index contributed by atoms with van der Waals surface area (Å²) in [6.45, 7) is 4.83. The lowest BCUT2D eigenvalue weighted by atomic mass is 9.52. The lowest BCUT2D eigenvalue weighted by molar-refractivity contribution is 0.558. The number of fused-ring (bicyclic) bond motifs is 22. The largest absolute Gasteiger partial charge is 0.309 e.